The molecule has 3 atom stereocenters. The van der Waals surface area contributed by atoms with Crippen molar-refractivity contribution in [2.45, 2.75) is 83.5 Å². The molecule has 1 spiro atoms. The van der Waals surface area contributed by atoms with Crippen LogP contribution in [-0.2, 0) is 4.74 Å². The Labute approximate surface area is 113 Å². The van der Waals surface area contributed by atoms with Gasteiger partial charge in [0, 0.05) is 6.04 Å². The molecule has 1 saturated carbocycles. The summed E-state index contributed by atoms with van der Waals surface area (Å²) in [6.45, 7) is 7.00. The first-order valence-corrected chi connectivity index (χ1v) is 7.91. The fourth-order valence-corrected chi connectivity index (χ4v) is 4.02. The molecule has 1 heterocycles. The average molecular weight is 253 g/mol. The monoisotopic (exact) mass is 253 g/mol. The molecule has 2 rings (SSSR count). The van der Waals surface area contributed by atoms with Crippen LogP contribution < -0.4 is 5.32 Å². The molecule has 18 heavy (non-hydrogen) atoms. The van der Waals surface area contributed by atoms with Crippen molar-refractivity contribution in [2.24, 2.45) is 11.8 Å². The van der Waals surface area contributed by atoms with Crippen LogP contribution in [0.5, 0.6) is 0 Å². The van der Waals surface area contributed by atoms with Gasteiger partial charge < -0.3 is 10.1 Å². The summed E-state index contributed by atoms with van der Waals surface area (Å²) in [5, 5.41) is 3.43. The molecule has 2 fully saturated rings. The van der Waals surface area contributed by atoms with E-state index in [1.165, 1.54) is 44.9 Å². The van der Waals surface area contributed by atoms with Crippen molar-refractivity contribution in [1.29, 1.82) is 0 Å². The van der Waals surface area contributed by atoms with Gasteiger partial charge in [-0.3, -0.25) is 0 Å². The predicted octanol–water partition coefficient (Wildman–Crippen LogP) is 3.75. The molecule has 106 valence electrons. The van der Waals surface area contributed by atoms with E-state index in [0.717, 1.165) is 11.8 Å². The van der Waals surface area contributed by atoms with E-state index in [1.807, 2.05) is 0 Å². The Morgan fingerprint density at radius 3 is 2.39 bits per heavy atom. The predicted molar refractivity (Wildman–Crippen MR) is 76.8 cm³/mol. The Kier molecular flexibility index (Phi) is 4.71. The van der Waals surface area contributed by atoms with E-state index in [2.05, 4.69) is 33.1 Å². The molecular weight excluding hydrogens is 222 g/mol. The van der Waals surface area contributed by atoms with Gasteiger partial charge in [0.1, 0.15) is 0 Å². The van der Waals surface area contributed by atoms with Crippen LogP contribution >= 0.6 is 0 Å². The van der Waals surface area contributed by atoms with Crippen molar-refractivity contribution in [3.8, 4) is 0 Å². The molecule has 0 aromatic rings. The summed E-state index contributed by atoms with van der Waals surface area (Å²) in [5.74, 6) is 1.47. The topological polar surface area (TPSA) is 21.3 Å². The maximum absolute atomic E-state index is 6.46. The Balaban J connectivity index is 1.89. The van der Waals surface area contributed by atoms with E-state index >= 15 is 0 Å². The highest BCUT2D eigenvalue weighted by atomic mass is 16.5. The van der Waals surface area contributed by atoms with E-state index < -0.39 is 0 Å². The molecule has 1 aliphatic carbocycles. The Bertz CT molecular complexity index is 258. The summed E-state index contributed by atoms with van der Waals surface area (Å²) >= 11 is 0. The van der Waals surface area contributed by atoms with Gasteiger partial charge in [-0.2, -0.15) is 0 Å². The molecule has 3 unspecified atom stereocenters. The summed E-state index contributed by atoms with van der Waals surface area (Å²) in [7, 11) is 2.08. The van der Waals surface area contributed by atoms with Gasteiger partial charge in [0.15, 0.2) is 0 Å². The van der Waals surface area contributed by atoms with Crippen LogP contribution in [0, 0.1) is 11.8 Å². The second-order valence-corrected chi connectivity index (χ2v) is 6.89. The number of nitrogens with one attached hydrogen (secondary N) is 1. The fourth-order valence-electron chi connectivity index (χ4n) is 4.02. The number of hydrogen-bond donors (Lipinski definition) is 1. The molecular formula is C16H31NO. The van der Waals surface area contributed by atoms with E-state index in [9.17, 15) is 0 Å². The lowest BCUT2D eigenvalue weighted by atomic mass is 9.84. The third-order valence-corrected chi connectivity index (χ3v) is 5.34. The van der Waals surface area contributed by atoms with Gasteiger partial charge >= 0.3 is 0 Å². The Hall–Kier alpha value is -0.0800. The van der Waals surface area contributed by atoms with Crippen LogP contribution in [0.3, 0.4) is 0 Å². The summed E-state index contributed by atoms with van der Waals surface area (Å²) in [5.41, 5.74) is 0.301. The maximum Gasteiger partial charge on any atom is 0.0687 e. The summed E-state index contributed by atoms with van der Waals surface area (Å²) < 4.78 is 6.46. The van der Waals surface area contributed by atoms with Crippen LogP contribution in [0.2, 0.25) is 0 Å². The Morgan fingerprint density at radius 2 is 1.83 bits per heavy atom. The molecule has 2 heteroatoms. The minimum Gasteiger partial charge on any atom is -0.372 e. The minimum atomic E-state index is 0.301. The maximum atomic E-state index is 6.46. The van der Waals surface area contributed by atoms with Crippen molar-refractivity contribution < 1.29 is 4.74 Å². The van der Waals surface area contributed by atoms with Crippen LogP contribution in [0.1, 0.15) is 65.7 Å². The minimum absolute atomic E-state index is 0.301. The molecule has 0 bridgehead atoms. The SMILES string of the molecule is CNC(C)C(CC1CCC2(CCCC2)O1)C(C)C. The third-order valence-electron chi connectivity index (χ3n) is 5.34. The van der Waals surface area contributed by atoms with Gasteiger partial charge in [-0.15, -0.1) is 0 Å². The van der Waals surface area contributed by atoms with Gasteiger partial charge in [0.25, 0.3) is 0 Å². The van der Waals surface area contributed by atoms with Gasteiger partial charge in [-0.25, -0.2) is 0 Å². The normalized spacial score (nSPS) is 30.2. The quantitative estimate of drug-likeness (QED) is 0.805. The third kappa shape index (κ3) is 3.08. The zero-order valence-corrected chi connectivity index (χ0v) is 12.7. The smallest absolute Gasteiger partial charge is 0.0687 e. The van der Waals surface area contributed by atoms with Gasteiger partial charge in [0.05, 0.1) is 11.7 Å². The molecule has 2 aliphatic rings. The van der Waals surface area contributed by atoms with Crippen LogP contribution in [0.25, 0.3) is 0 Å². The summed E-state index contributed by atoms with van der Waals surface area (Å²) in [4.78, 5) is 0. The van der Waals surface area contributed by atoms with Gasteiger partial charge in [-0.05, 0) is 57.9 Å². The number of ether oxygens (including phenoxy) is 1. The van der Waals surface area contributed by atoms with Gasteiger partial charge in [-0.1, -0.05) is 26.7 Å². The van der Waals surface area contributed by atoms with Gasteiger partial charge in [0.2, 0.25) is 0 Å². The van der Waals surface area contributed by atoms with Crippen molar-refractivity contribution in [2.75, 3.05) is 7.05 Å². The molecule has 0 aromatic carbocycles. The van der Waals surface area contributed by atoms with E-state index in [0.29, 0.717) is 17.7 Å². The Morgan fingerprint density at radius 1 is 1.17 bits per heavy atom. The molecule has 0 amide bonds. The average Bonchev–Trinajstić information content (AvgIpc) is 2.96. The second kappa shape index (κ2) is 5.92. The van der Waals surface area contributed by atoms with Crippen LogP contribution in [0.15, 0.2) is 0 Å². The highest BCUT2D eigenvalue weighted by Crippen LogP contribution is 2.45. The van der Waals surface area contributed by atoms with Crippen molar-refractivity contribution in [1.82, 2.24) is 5.32 Å². The lowest BCUT2D eigenvalue weighted by molar-refractivity contribution is -0.0480. The zero-order valence-electron chi connectivity index (χ0n) is 12.7. The van der Waals surface area contributed by atoms with E-state index in [4.69, 9.17) is 4.74 Å². The van der Waals surface area contributed by atoms with Crippen molar-refractivity contribution >= 4 is 0 Å². The number of rotatable bonds is 5. The van der Waals surface area contributed by atoms with E-state index in [-0.39, 0.29) is 0 Å². The summed E-state index contributed by atoms with van der Waals surface area (Å²) in [6.07, 6.45) is 9.76. The largest absolute Gasteiger partial charge is 0.372 e. The lowest BCUT2D eigenvalue weighted by Crippen LogP contribution is -2.36. The first-order chi connectivity index (χ1) is 8.56. The van der Waals surface area contributed by atoms with E-state index in [1.54, 1.807) is 0 Å². The lowest BCUT2D eigenvalue weighted by Gasteiger charge is -2.31. The molecule has 0 radical (unpaired) electrons. The second-order valence-electron chi connectivity index (χ2n) is 6.89. The summed E-state index contributed by atoms with van der Waals surface area (Å²) in [6, 6.07) is 0.591. The molecule has 1 aliphatic heterocycles. The highest BCUT2D eigenvalue weighted by Gasteiger charge is 2.42. The molecule has 2 nitrogen and oxygen atoms in total. The van der Waals surface area contributed by atoms with Crippen molar-refractivity contribution in [3.05, 3.63) is 0 Å². The highest BCUT2D eigenvalue weighted by molar-refractivity contribution is 4.93. The van der Waals surface area contributed by atoms with Crippen LogP contribution in [0.4, 0.5) is 0 Å². The number of hydrogen-bond acceptors (Lipinski definition) is 2. The molecule has 1 saturated heterocycles. The van der Waals surface area contributed by atoms with Crippen LogP contribution in [-0.4, -0.2) is 24.8 Å². The first kappa shape index (κ1) is 14.3. The van der Waals surface area contributed by atoms with Crippen molar-refractivity contribution in [3.63, 3.8) is 0 Å². The zero-order chi connectivity index (χ0) is 13.2. The fraction of sp³-hybridized carbons (Fsp3) is 1.00. The standard InChI is InChI=1S/C16H31NO/c1-12(2)15(13(3)17-4)11-14-7-10-16(18-14)8-5-6-9-16/h12-15,17H,5-11H2,1-4H3. The molecule has 0 aromatic heterocycles. The first-order valence-electron chi connectivity index (χ1n) is 7.91. The molecule has 1 N–H and O–H groups in total.